The molecule has 0 bridgehead atoms. The number of β-amino-alcohol motifs (C(OH)–C–C–N with tert-alkyl or cyclic N) is 1. The van der Waals surface area contributed by atoms with Gasteiger partial charge in [0.05, 0.1) is 23.7 Å². The summed E-state index contributed by atoms with van der Waals surface area (Å²) in [5.74, 6) is -0.823. The second kappa shape index (κ2) is 7.66. The van der Waals surface area contributed by atoms with E-state index in [2.05, 4.69) is 0 Å². The number of sulfonamides is 1. The van der Waals surface area contributed by atoms with Gasteiger partial charge in [-0.15, -0.1) is 0 Å². The maximum Gasteiger partial charge on any atom is 0.244 e. The number of nitriles is 1. The van der Waals surface area contributed by atoms with Crippen LogP contribution in [0.2, 0.25) is 5.02 Å². The highest BCUT2D eigenvalue weighted by Crippen LogP contribution is 2.33. The lowest BCUT2D eigenvalue weighted by atomic mass is 10.0. The van der Waals surface area contributed by atoms with Gasteiger partial charge in [0.2, 0.25) is 10.0 Å². The summed E-state index contributed by atoms with van der Waals surface area (Å²) >= 11 is 5.99. The lowest BCUT2D eigenvalue weighted by molar-refractivity contribution is -0.0641. The molecule has 1 unspecified atom stereocenters. The van der Waals surface area contributed by atoms with Crippen molar-refractivity contribution in [2.75, 3.05) is 19.7 Å². The van der Waals surface area contributed by atoms with Gasteiger partial charge in [0.1, 0.15) is 34.2 Å². The van der Waals surface area contributed by atoms with E-state index >= 15 is 0 Å². The Balaban J connectivity index is 1.89. The van der Waals surface area contributed by atoms with E-state index in [1.165, 1.54) is 30.3 Å². The first-order valence-corrected chi connectivity index (χ1v) is 9.97. The van der Waals surface area contributed by atoms with Gasteiger partial charge in [-0.25, -0.2) is 12.8 Å². The van der Waals surface area contributed by atoms with Crippen molar-refractivity contribution in [2.24, 2.45) is 0 Å². The molecule has 0 spiro atoms. The third-order valence-corrected chi connectivity index (χ3v) is 6.80. The quantitative estimate of drug-likeness (QED) is 0.750. The fourth-order valence-electron chi connectivity index (χ4n) is 2.93. The number of hydrogen-bond donors (Lipinski definition) is 2. The molecule has 1 saturated heterocycles. The molecule has 0 radical (unpaired) electrons. The Bertz CT molecular complexity index is 1040. The second-order valence-corrected chi connectivity index (χ2v) is 8.66. The fraction of sp³-hybridized carbons (Fsp3) is 0.278. The molecule has 0 aromatic heterocycles. The number of benzene rings is 2. The van der Waals surface area contributed by atoms with Crippen molar-refractivity contribution in [2.45, 2.75) is 16.6 Å². The number of nitrogens with zero attached hydrogens (tertiary/aromatic N) is 2. The molecular weight excluding hydrogens is 411 g/mol. The van der Waals surface area contributed by atoms with E-state index in [0.717, 1.165) is 10.4 Å². The minimum atomic E-state index is -4.06. The molecule has 2 aromatic carbocycles. The molecule has 1 heterocycles. The van der Waals surface area contributed by atoms with Crippen molar-refractivity contribution in [3.63, 3.8) is 0 Å². The smallest absolute Gasteiger partial charge is 0.244 e. The summed E-state index contributed by atoms with van der Waals surface area (Å²) in [4.78, 5) is -0.137. The summed E-state index contributed by atoms with van der Waals surface area (Å²) in [6.45, 7) is -1.49. The van der Waals surface area contributed by atoms with Crippen LogP contribution in [0.4, 0.5) is 4.39 Å². The molecule has 2 atom stereocenters. The predicted molar refractivity (Wildman–Crippen MR) is 97.8 cm³/mol. The third-order valence-electron chi connectivity index (χ3n) is 4.49. The molecule has 10 heteroatoms. The summed E-state index contributed by atoms with van der Waals surface area (Å²) in [5.41, 5.74) is -2.09. The Morgan fingerprint density at radius 2 is 2.07 bits per heavy atom. The van der Waals surface area contributed by atoms with Crippen molar-refractivity contribution >= 4 is 21.6 Å². The normalized spacial score (nSPS) is 22.8. The second-order valence-electron chi connectivity index (χ2n) is 6.35. The molecule has 1 fully saturated rings. The van der Waals surface area contributed by atoms with Gasteiger partial charge in [-0.3, -0.25) is 0 Å². The molecule has 148 valence electrons. The average Bonchev–Trinajstić information content (AvgIpc) is 3.00. The Morgan fingerprint density at radius 3 is 2.68 bits per heavy atom. The van der Waals surface area contributed by atoms with E-state index in [-0.39, 0.29) is 27.8 Å². The van der Waals surface area contributed by atoms with Gasteiger partial charge in [0, 0.05) is 12.6 Å². The number of rotatable bonds is 5. The lowest BCUT2D eigenvalue weighted by Gasteiger charge is -2.27. The van der Waals surface area contributed by atoms with Crippen LogP contribution in [-0.4, -0.2) is 54.3 Å². The number of aliphatic hydroxyl groups is 2. The Kier molecular flexibility index (Phi) is 5.61. The first kappa shape index (κ1) is 20.5. The summed E-state index contributed by atoms with van der Waals surface area (Å²) in [7, 11) is -4.06. The highest BCUT2D eigenvalue weighted by Gasteiger charge is 2.51. The number of halogens is 2. The van der Waals surface area contributed by atoms with E-state index in [1.807, 2.05) is 0 Å². The van der Waals surface area contributed by atoms with Gasteiger partial charge in [0.15, 0.2) is 0 Å². The molecule has 7 nitrogen and oxygen atoms in total. The fourth-order valence-corrected chi connectivity index (χ4v) is 4.92. The first-order valence-electron chi connectivity index (χ1n) is 8.15. The van der Waals surface area contributed by atoms with Crippen LogP contribution >= 0.6 is 11.6 Å². The van der Waals surface area contributed by atoms with Gasteiger partial charge in [0.25, 0.3) is 0 Å². The molecule has 0 amide bonds. The van der Waals surface area contributed by atoms with E-state index in [9.17, 15) is 23.0 Å². The number of hydrogen-bond acceptors (Lipinski definition) is 6. The van der Waals surface area contributed by atoms with Crippen molar-refractivity contribution in [1.82, 2.24) is 4.31 Å². The average molecular weight is 427 g/mol. The topological polar surface area (TPSA) is 111 Å². The van der Waals surface area contributed by atoms with Crippen LogP contribution in [0.15, 0.2) is 47.4 Å². The standard InChI is InChI=1S/C18H16ClFN2O5S/c19-14-3-1-2-4-16(14)28(25,26)22-9-17(18(24,10-22)11-23)27-13-6-5-12(8-21)15(20)7-13/h1-7,17,23-24H,9-11H2/t17?,18-/m1/s1. The Morgan fingerprint density at radius 1 is 1.36 bits per heavy atom. The molecule has 3 rings (SSSR count). The Labute approximate surface area is 166 Å². The monoisotopic (exact) mass is 426 g/mol. The van der Waals surface area contributed by atoms with E-state index in [4.69, 9.17) is 21.6 Å². The molecule has 2 N–H and O–H groups in total. The van der Waals surface area contributed by atoms with E-state index < -0.39 is 40.7 Å². The van der Waals surface area contributed by atoms with Crippen LogP contribution in [0.3, 0.4) is 0 Å². The first-order chi connectivity index (χ1) is 13.2. The van der Waals surface area contributed by atoms with Gasteiger partial charge < -0.3 is 14.9 Å². The summed E-state index contributed by atoms with van der Waals surface area (Å²) < 4.78 is 46.1. The van der Waals surface area contributed by atoms with Gasteiger partial charge in [-0.2, -0.15) is 9.57 Å². The van der Waals surface area contributed by atoms with Crippen LogP contribution < -0.4 is 4.74 Å². The van der Waals surface area contributed by atoms with Crippen LogP contribution in [0.25, 0.3) is 0 Å². The zero-order valence-corrected chi connectivity index (χ0v) is 16.0. The minimum absolute atomic E-state index is 0.00892. The number of ether oxygens (including phenoxy) is 1. The van der Waals surface area contributed by atoms with Gasteiger partial charge in [-0.05, 0) is 24.3 Å². The van der Waals surface area contributed by atoms with Crippen molar-refractivity contribution in [3.05, 3.63) is 58.9 Å². The maximum atomic E-state index is 13.8. The molecule has 1 aliphatic heterocycles. The van der Waals surface area contributed by atoms with Crippen LogP contribution in [0, 0.1) is 17.1 Å². The molecule has 2 aromatic rings. The van der Waals surface area contributed by atoms with Crippen molar-refractivity contribution in [1.29, 1.82) is 5.26 Å². The van der Waals surface area contributed by atoms with Crippen molar-refractivity contribution in [3.8, 4) is 11.8 Å². The summed E-state index contributed by atoms with van der Waals surface area (Å²) in [6, 6.07) is 11.0. The van der Waals surface area contributed by atoms with E-state index in [0.29, 0.717) is 0 Å². The molecule has 1 aliphatic rings. The van der Waals surface area contributed by atoms with Crippen LogP contribution in [-0.2, 0) is 10.0 Å². The SMILES string of the molecule is N#Cc1ccc(OC2CN(S(=O)(=O)c3ccccc3Cl)C[C@@]2(O)CO)cc1F. The minimum Gasteiger partial charge on any atom is -0.486 e. The summed E-state index contributed by atoms with van der Waals surface area (Å²) in [6.07, 6.45) is -1.16. The predicted octanol–water partition coefficient (Wildman–Crippen LogP) is 1.53. The highest BCUT2D eigenvalue weighted by molar-refractivity contribution is 7.89. The highest BCUT2D eigenvalue weighted by atomic mass is 35.5. The van der Waals surface area contributed by atoms with Crippen LogP contribution in [0.5, 0.6) is 5.75 Å². The molecule has 0 aliphatic carbocycles. The molecule has 0 saturated carbocycles. The molecular formula is C18H16ClFN2O5S. The van der Waals surface area contributed by atoms with E-state index in [1.54, 1.807) is 12.1 Å². The molecule has 28 heavy (non-hydrogen) atoms. The Hall–Kier alpha value is -2.22. The van der Waals surface area contributed by atoms with Gasteiger partial charge in [-0.1, -0.05) is 23.7 Å². The summed E-state index contributed by atoms with van der Waals surface area (Å²) in [5, 5.41) is 29.1. The lowest BCUT2D eigenvalue weighted by Crippen LogP contribution is -2.48. The van der Waals surface area contributed by atoms with Crippen LogP contribution in [0.1, 0.15) is 5.56 Å². The number of aliphatic hydroxyl groups excluding tert-OH is 1. The maximum absolute atomic E-state index is 13.8. The zero-order chi connectivity index (χ0) is 20.5. The zero-order valence-electron chi connectivity index (χ0n) is 14.4. The largest absolute Gasteiger partial charge is 0.486 e. The van der Waals surface area contributed by atoms with Gasteiger partial charge >= 0.3 is 0 Å². The van der Waals surface area contributed by atoms with Crippen molar-refractivity contribution < 1.29 is 27.8 Å². The third kappa shape index (κ3) is 3.70.